The van der Waals surface area contributed by atoms with Crippen LogP contribution in [0, 0.1) is 6.92 Å². The molecule has 20 heavy (non-hydrogen) atoms. The predicted molar refractivity (Wildman–Crippen MR) is 71.2 cm³/mol. The van der Waals surface area contributed by atoms with Crippen LogP contribution in [-0.4, -0.2) is 49.2 Å². The third-order valence-corrected chi connectivity index (χ3v) is 7.01. The Morgan fingerprint density at radius 1 is 1.50 bits per heavy atom. The maximum absolute atomic E-state index is 12.4. The summed E-state index contributed by atoms with van der Waals surface area (Å²) in [4.78, 5) is -0.120. The second-order valence-electron chi connectivity index (χ2n) is 5.29. The van der Waals surface area contributed by atoms with Gasteiger partial charge in [0.1, 0.15) is 10.6 Å². The first-order valence-corrected chi connectivity index (χ1v) is 9.28. The second-order valence-corrected chi connectivity index (χ2v) is 9.09. The molecule has 1 aliphatic rings. The Labute approximate surface area is 117 Å². The van der Waals surface area contributed by atoms with Crippen molar-refractivity contribution in [1.82, 2.24) is 14.9 Å². The standard InChI is InChI=1S/C10H17N3O5S2/c1-7-9(8(5-14)12-11-7)20(17,18)13-10(2)3-4-19(15,16)6-10/h13-14H,3-6H2,1-2H3,(H,11,12). The first-order chi connectivity index (χ1) is 9.09. The monoisotopic (exact) mass is 323 g/mol. The van der Waals surface area contributed by atoms with Crippen molar-refractivity contribution in [3.63, 3.8) is 0 Å². The maximum atomic E-state index is 12.4. The Kier molecular flexibility index (Phi) is 3.70. The van der Waals surface area contributed by atoms with Crippen molar-refractivity contribution in [3.05, 3.63) is 11.4 Å². The van der Waals surface area contributed by atoms with Crippen LogP contribution in [0.1, 0.15) is 24.7 Å². The molecule has 2 rings (SSSR count). The van der Waals surface area contributed by atoms with Crippen molar-refractivity contribution >= 4 is 19.9 Å². The van der Waals surface area contributed by atoms with Crippen LogP contribution < -0.4 is 4.72 Å². The Morgan fingerprint density at radius 2 is 2.15 bits per heavy atom. The van der Waals surface area contributed by atoms with E-state index < -0.39 is 32.0 Å². The molecule has 0 spiro atoms. The van der Waals surface area contributed by atoms with E-state index >= 15 is 0 Å². The third-order valence-electron chi connectivity index (χ3n) is 3.26. The Balaban J connectivity index is 2.35. The molecular weight excluding hydrogens is 306 g/mol. The minimum Gasteiger partial charge on any atom is -0.390 e. The van der Waals surface area contributed by atoms with E-state index in [-0.39, 0.29) is 28.5 Å². The molecule has 0 bridgehead atoms. The number of sulfonamides is 1. The van der Waals surface area contributed by atoms with E-state index in [0.717, 1.165) is 0 Å². The number of aliphatic hydroxyl groups excluding tert-OH is 1. The van der Waals surface area contributed by atoms with E-state index in [1.165, 1.54) is 6.92 Å². The van der Waals surface area contributed by atoms with Crippen molar-refractivity contribution in [2.45, 2.75) is 37.3 Å². The number of rotatable bonds is 4. The highest BCUT2D eigenvalue weighted by Crippen LogP contribution is 2.26. The topological polar surface area (TPSA) is 129 Å². The molecule has 0 aliphatic carbocycles. The summed E-state index contributed by atoms with van der Waals surface area (Å²) >= 11 is 0. The highest BCUT2D eigenvalue weighted by molar-refractivity contribution is 7.92. The molecule has 114 valence electrons. The Morgan fingerprint density at radius 3 is 2.65 bits per heavy atom. The molecule has 1 unspecified atom stereocenters. The third kappa shape index (κ3) is 2.87. The van der Waals surface area contributed by atoms with Crippen LogP contribution in [-0.2, 0) is 26.5 Å². The van der Waals surface area contributed by atoms with E-state index in [1.807, 2.05) is 0 Å². The van der Waals surface area contributed by atoms with Crippen LogP contribution in [0.2, 0.25) is 0 Å². The number of aliphatic hydroxyl groups is 1. The summed E-state index contributed by atoms with van der Waals surface area (Å²) in [6.07, 6.45) is 0.222. The highest BCUT2D eigenvalue weighted by atomic mass is 32.2. The van der Waals surface area contributed by atoms with Crippen LogP contribution in [0.3, 0.4) is 0 Å². The molecule has 0 aromatic carbocycles. The first kappa shape index (κ1) is 15.4. The van der Waals surface area contributed by atoms with Gasteiger partial charge in [0.05, 0.1) is 23.8 Å². The van der Waals surface area contributed by atoms with E-state index in [1.54, 1.807) is 6.92 Å². The lowest BCUT2D eigenvalue weighted by atomic mass is 10.0. The van der Waals surface area contributed by atoms with Gasteiger partial charge in [0.15, 0.2) is 9.84 Å². The average Bonchev–Trinajstić information content (AvgIpc) is 2.78. The van der Waals surface area contributed by atoms with Crippen molar-refractivity contribution in [3.8, 4) is 0 Å². The van der Waals surface area contributed by atoms with E-state index in [9.17, 15) is 16.8 Å². The molecular formula is C10H17N3O5S2. The van der Waals surface area contributed by atoms with Gasteiger partial charge in [0.25, 0.3) is 0 Å². The van der Waals surface area contributed by atoms with Crippen LogP contribution in [0.5, 0.6) is 0 Å². The lowest BCUT2D eigenvalue weighted by Crippen LogP contribution is -2.47. The van der Waals surface area contributed by atoms with Gasteiger partial charge >= 0.3 is 0 Å². The molecule has 0 amide bonds. The number of aromatic nitrogens is 2. The number of sulfone groups is 1. The van der Waals surface area contributed by atoms with Gasteiger partial charge in [-0.05, 0) is 20.3 Å². The minimum atomic E-state index is -3.95. The van der Waals surface area contributed by atoms with Gasteiger partial charge in [-0.25, -0.2) is 21.6 Å². The van der Waals surface area contributed by atoms with Gasteiger partial charge in [0, 0.05) is 5.54 Å². The molecule has 0 radical (unpaired) electrons. The summed E-state index contributed by atoms with van der Waals surface area (Å²) in [6, 6.07) is 0. The first-order valence-electron chi connectivity index (χ1n) is 5.98. The predicted octanol–water partition coefficient (Wildman–Crippen LogP) is -0.934. The Bertz CT molecular complexity index is 722. The molecule has 1 atom stereocenters. The fraction of sp³-hybridized carbons (Fsp3) is 0.700. The number of nitrogens with zero attached hydrogens (tertiary/aromatic N) is 1. The van der Waals surface area contributed by atoms with Gasteiger partial charge in [0.2, 0.25) is 10.0 Å². The molecule has 3 N–H and O–H groups in total. The van der Waals surface area contributed by atoms with Crippen LogP contribution in [0.25, 0.3) is 0 Å². The van der Waals surface area contributed by atoms with Gasteiger partial charge in [-0.15, -0.1) is 0 Å². The molecule has 0 saturated carbocycles. The molecule has 1 fully saturated rings. The van der Waals surface area contributed by atoms with Gasteiger partial charge in [-0.3, -0.25) is 5.10 Å². The number of hydrogen-bond donors (Lipinski definition) is 3. The summed E-state index contributed by atoms with van der Waals surface area (Å²) in [6.45, 7) is 2.56. The normalized spacial score (nSPS) is 25.9. The summed E-state index contributed by atoms with van der Waals surface area (Å²) in [5.41, 5.74) is -0.723. The summed E-state index contributed by atoms with van der Waals surface area (Å²) in [5.74, 6) is -0.270. The molecule has 1 aromatic rings. The van der Waals surface area contributed by atoms with Gasteiger partial charge < -0.3 is 5.11 Å². The molecule has 1 aliphatic heterocycles. The zero-order valence-corrected chi connectivity index (χ0v) is 12.8. The van der Waals surface area contributed by atoms with Gasteiger partial charge in [-0.1, -0.05) is 0 Å². The van der Waals surface area contributed by atoms with E-state index in [2.05, 4.69) is 14.9 Å². The number of nitrogens with one attached hydrogen (secondary N) is 2. The van der Waals surface area contributed by atoms with Crippen molar-refractivity contribution in [2.75, 3.05) is 11.5 Å². The van der Waals surface area contributed by atoms with Gasteiger partial charge in [-0.2, -0.15) is 5.10 Å². The van der Waals surface area contributed by atoms with Crippen molar-refractivity contribution in [2.24, 2.45) is 0 Å². The minimum absolute atomic E-state index is 0.0134. The number of H-pyrrole nitrogens is 1. The van der Waals surface area contributed by atoms with Crippen LogP contribution in [0.15, 0.2) is 4.90 Å². The number of aromatic amines is 1. The zero-order chi connectivity index (χ0) is 15.2. The number of aryl methyl sites for hydroxylation is 1. The largest absolute Gasteiger partial charge is 0.390 e. The van der Waals surface area contributed by atoms with E-state index in [0.29, 0.717) is 5.69 Å². The average molecular weight is 323 g/mol. The SMILES string of the molecule is Cc1[nH]nc(CO)c1S(=O)(=O)NC1(C)CCS(=O)(=O)C1. The van der Waals surface area contributed by atoms with Crippen LogP contribution in [0.4, 0.5) is 0 Å². The fourth-order valence-corrected chi connectivity index (χ4v) is 6.38. The molecule has 8 nitrogen and oxygen atoms in total. The maximum Gasteiger partial charge on any atom is 0.244 e. The summed E-state index contributed by atoms with van der Waals surface area (Å²) in [7, 11) is -7.17. The smallest absolute Gasteiger partial charge is 0.244 e. The Hall–Kier alpha value is -0.970. The molecule has 2 heterocycles. The van der Waals surface area contributed by atoms with Crippen molar-refractivity contribution < 1.29 is 21.9 Å². The number of hydrogen-bond acceptors (Lipinski definition) is 6. The summed E-state index contributed by atoms with van der Waals surface area (Å²) in [5, 5.41) is 15.3. The molecule has 1 aromatic heterocycles. The lowest BCUT2D eigenvalue weighted by Gasteiger charge is -2.23. The van der Waals surface area contributed by atoms with E-state index in [4.69, 9.17) is 5.11 Å². The molecule has 10 heteroatoms. The summed E-state index contributed by atoms with van der Waals surface area (Å²) < 4.78 is 50.2. The van der Waals surface area contributed by atoms with Crippen LogP contribution >= 0.6 is 0 Å². The lowest BCUT2D eigenvalue weighted by molar-refractivity contribution is 0.273. The highest BCUT2D eigenvalue weighted by Gasteiger charge is 2.42. The molecule has 1 saturated heterocycles. The zero-order valence-electron chi connectivity index (χ0n) is 11.2. The quantitative estimate of drug-likeness (QED) is 0.656. The second kappa shape index (κ2) is 4.79. The van der Waals surface area contributed by atoms with Crippen molar-refractivity contribution in [1.29, 1.82) is 0 Å². The fourth-order valence-electron chi connectivity index (χ4n) is 2.40.